The Bertz CT molecular complexity index is 285. The van der Waals surface area contributed by atoms with Crippen molar-refractivity contribution in [3.63, 3.8) is 0 Å². The number of hydrogen-bond donors (Lipinski definition) is 0. The highest BCUT2D eigenvalue weighted by atomic mass is 14.9. The molecule has 14 heavy (non-hydrogen) atoms. The monoisotopic (exact) mass is 192 g/mol. The van der Waals surface area contributed by atoms with Crippen LogP contribution in [0.5, 0.6) is 0 Å². The van der Waals surface area contributed by atoms with Gasteiger partial charge >= 0.3 is 0 Å². The van der Waals surface area contributed by atoms with E-state index < -0.39 is 0 Å². The number of rotatable bonds is 2. The van der Waals surface area contributed by atoms with Crippen LogP contribution in [0.1, 0.15) is 34.6 Å². The first-order chi connectivity index (χ1) is 6.46. The van der Waals surface area contributed by atoms with E-state index in [9.17, 15) is 0 Å². The highest BCUT2D eigenvalue weighted by molar-refractivity contribution is 5.93. The molecule has 0 fully saturated rings. The van der Waals surface area contributed by atoms with E-state index in [0.717, 1.165) is 5.84 Å². The van der Waals surface area contributed by atoms with E-state index >= 15 is 0 Å². The van der Waals surface area contributed by atoms with E-state index in [1.54, 1.807) is 0 Å². The van der Waals surface area contributed by atoms with Gasteiger partial charge in [0.2, 0.25) is 0 Å². The lowest BCUT2D eigenvalue weighted by Crippen LogP contribution is -2.22. The van der Waals surface area contributed by atoms with Gasteiger partial charge in [0.05, 0.1) is 0 Å². The molecule has 0 saturated heterocycles. The Morgan fingerprint density at radius 1 is 1.21 bits per heavy atom. The van der Waals surface area contributed by atoms with E-state index in [1.807, 2.05) is 12.4 Å². The van der Waals surface area contributed by atoms with Crippen LogP contribution in [0.4, 0.5) is 0 Å². The van der Waals surface area contributed by atoms with Gasteiger partial charge in [-0.3, -0.25) is 0 Å². The van der Waals surface area contributed by atoms with Crippen LogP contribution < -0.4 is 0 Å². The zero-order valence-electron chi connectivity index (χ0n) is 9.78. The molecule has 2 heteroatoms. The summed E-state index contributed by atoms with van der Waals surface area (Å²) < 4.78 is 0. The first kappa shape index (κ1) is 11.2. The summed E-state index contributed by atoms with van der Waals surface area (Å²) in [4.78, 5) is 8.80. The van der Waals surface area contributed by atoms with Crippen molar-refractivity contribution in [2.75, 3.05) is 0 Å². The lowest BCUT2D eigenvalue weighted by Gasteiger charge is -2.24. The smallest absolute Gasteiger partial charge is 0.130 e. The van der Waals surface area contributed by atoms with Crippen LogP contribution in [-0.4, -0.2) is 12.1 Å². The molecular weight excluding hydrogens is 172 g/mol. The summed E-state index contributed by atoms with van der Waals surface area (Å²) in [7, 11) is 0. The minimum Gasteiger partial charge on any atom is -0.245 e. The Kier molecular flexibility index (Phi) is 3.25. The third kappa shape index (κ3) is 2.31. The van der Waals surface area contributed by atoms with Gasteiger partial charge in [-0.25, -0.2) is 9.98 Å². The van der Waals surface area contributed by atoms with Gasteiger partial charge in [-0.2, -0.15) is 0 Å². The molecule has 0 N–H and O–H groups in total. The number of allylic oxidation sites excluding steroid dienone is 1. The molecule has 1 aliphatic heterocycles. The van der Waals surface area contributed by atoms with E-state index in [1.165, 1.54) is 0 Å². The maximum absolute atomic E-state index is 4.46. The quantitative estimate of drug-likeness (QED) is 0.641. The van der Waals surface area contributed by atoms with E-state index in [4.69, 9.17) is 0 Å². The first-order valence-corrected chi connectivity index (χ1v) is 5.26. The van der Waals surface area contributed by atoms with Crippen molar-refractivity contribution in [1.82, 2.24) is 0 Å². The molecule has 0 amide bonds. The fraction of sp³-hybridized carbons (Fsp3) is 0.667. The van der Waals surface area contributed by atoms with Crippen molar-refractivity contribution in [3.05, 3.63) is 12.3 Å². The lowest BCUT2D eigenvalue weighted by molar-refractivity contribution is 0.424. The van der Waals surface area contributed by atoms with Crippen molar-refractivity contribution in [1.29, 1.82) is 0 Å². The Morgan fingerprint density at radius 3 is 2.36 bits per heavy atom. The molecule has 0 spiro atoms. The maximum Gasteiger partial charge on any atom is 0.130 e. The topological polar surface area (TPSA) is 24.7 Å². The van der Waals surface area contributed by atoms with Gasteiger partial charge in [-0.15, -0.1) is 0 Å². The SMILES string of the molecule is CC(C)C1=NC=CC(C)(C(C)C)C=N1. The molecule has 1 heterocycles. The predicted molar refractivity (Wildman–Crippen MR) is 62.9 cm³/mol. The number of nitrogens with zero attached hydrogens (tertiary/aromatic N) is 2. The Balaban J connectivity index is 2.92. The molecule has 1 unspecified atom stereocenters. The molecule has 1 rings (SSSR count). The fourth-order valence-corrected chi connectivity index (χ4v) is 1.20. The van der Waals surface area contributed by atoms with Crippen molar-refractivity contribution < 1.29 is 0 Å². The summed E-state index contributed by atoms with van der Waals surface area (Å²) in [6.07, 6.45) is 6.05. The standard InChI is InChI=1S/C12H20N2/c1-9(2)11-13-7-6-12(5,8-14-11)10(3)4/h6-10H,1-5H3. The van der Waals surface area contributed by atoms with E-state index in [0.29, 0.717) is 11.8 Å². The Labute approximate surface area is 86.8 Å². The maximum atomic E-state index is 4.46. The van der Waals surface area contributed by atoms with Crippen molar-refractivity contribution >= 4 is 12.1 Å². The second-order valence-electron chi connectivity index (χ2n) is 4.74. The number of hydrogen-bond acceptors (Lipinski definition) is 2. The number of aliphatic imine (C=N–C) groups is 2. The molecule has 1 atom stereocenters. The van der Waals surface area contributed by atoms with Crippen LogP contribution in [0.2, 0.25) is 0 Å². The normalized spacial score (nSPS) is 26.9. The van der Waals surface area contributed by atoms with Gasteiger partial charge in [0.15, 0.2) is 0 Å². The summed E-state index contributed by atoms with van der Waals surface area (Å²) in [5.41, 5.74) is 0.0418. The molecule has 0 radical (unpaired) electrons. The minimum atomic E-state index is 0.0418. The summed E-state index contributed by atoms with van der Waals surface area (Å²) in [6.45, 7) is 10.8. The molecule has 0 aromatic heterocycles. The molecule has 0 aromatic carbocycles. The molecule has 0 bridgehead atoms. The van der Waals surface area contributed by atoms with E-state index in [-0.39, 0.29) is 5.41 Å². The molecule has 0 aliphatic carbocycles. The average molecular weight is 192 g/mol. The average Bonchev–Trinajstić information content (AvgIpc) is 2.28. The number of amidine groups is 1. The van der Waals surface area contributed by atoms with Crippen molar-refractivity contribution in [2.45, 2.75) is 34.6 Å². The predicted octanol–water partition coefficient (Wildman–Crippen LogP) is 3.30. The molecule has 1 aliphatic rings. The van der Waals surface area contributed by atoms with Gasteiger partial charge < -0.3 is 0 Å². The third-order valence-corrected chi connectivity index (χ3v) is 2.88. The summed E-state index contributed by atoms with van der Waals surface area (Å²) in [5, 5.41) is 0. The molecule has 78 valence electrons. The fourth-order valence-electron chi connectivity index (χ4n) is 1.20. The molecule has 2 nitrogen and oxygen atoms in total. The van der Waals surface area contributed by atoms with Crippen LogP contribution in [0.15, 0.2) is 22.3 Å². The summed E-state index contributed by atoms with van der Waals surface area (Å²) in [6, 6.07) is 0. The Hall–Kier alpha value is -0.920. The van der Waals surface area contributed by atoms with Crippen LogP contribution in [0, 0.1) is 17.3 Å². The summed E-state index contributed by atoms with van der Waals surface area (Å²) >= 11 is 0. The van der Waals surface area contributed by atoms with Crippen LogP contribution in [0.3, 0.4) is 0 Å². The summed E-state index contributed by atoms with van der Waals surface area (Å²) in [5.74, 6) is 1.86. The first-order valence-electron chi connectivity index (χ1n) is 5.26. The second-order valence-corrected chi connectivity index (χ2v) is 4.74. The molecule has 0 saturated carbocycles. The van der Waals surface area contributed by atoms with Gasteiger partial charge in [0.25, 0.3) is 0 Å². The van der Waals surface area contributed by atoms with Gasteiger partial charge in [-0.05, 0) is 5.92 Å². The van der Waals surface area contributed by atoms with Gasteiger partial charge in [0.1, 0.15) is 5.84 Å². The largest absolute Gasteiger partial charge is 0.245 e. The van der Waals surface area contributed by atoms with Crippen LogP contribution in [0.25, 0.3) is 0 Å². The van der Waals surface area contributed by atoms with Crippen LogP contribution >= 0.6 is 0 Å². The van der Waals surface area contributed by atoms with Gasteiger partial charge in [0, 0.05) is 23.7 Å². The molecule has 0 aromatic rings. The zero-order valence-corrected chi connectivity index (χ0v) is 9.78. The second kappa shape index (κ2) is 4.07. The van der Waals surface area contributed by atoms with Crippen LogP contribution in [-0.2, 0) is 0 Å². The Morgan fingerprint density at radius 2 is 1.86 bits per heavy atom. The highest BCUT2D eigenvalue weighted by Gasteiger charge is 2.24. The van der Waals surface area contributed by atoms with Crippen molar-refractivity contribution in [3.8, 4) is 0 Å². The van der Waals surface area contributed by atoms with Crippen molar-refractivity contribution in [2.24, 2.45) is 27.2 Å². The minimum absolute atomic E-state index is 0.0418. The third-order valence-electron chi connectivity index (χ3n) is 2.88. The van der Waals surface area contributed by atoms with Gasteiger partial charge in [-0.1, -0.05) is 40.7 Å². The highest BCUT2D eigenvalue weighted by Crippen LogP contribution is 2.27. The zero-order chi connectivity index (χ0) is 10.8. The van der Waals surface area contributed by atoms with E-state index in [2.05, 4.69) is 50.7 Å². The lowest BCUT2D eigenvalue weighted by atomic mass is 9.80. The molecular formula is C12H20N2.